The van der Waals surface area contributed by atoms with Gasteiger partial charge in [-0.15, -0.1) is 0 Å². The fourth-order valence-corrected chi connectivity index (χ4v) is 1.51. The Bertz CT molecular complexity index is 95.3. The molecule has 2 nitrogen and oxygen atoms in total. The smallest absolute Gasteiger partial charge is 0.0693 e. The van der Waals surface area contributed by atoms with Crippen LogP contribution in [0.2, 0.25) is 0 Å². The zero-order valence-electron chi connectivity index (χ0n) is 6.64. The molecule has 0 saturated heterocycles. The SMILES string of the molecule is CCCN[C@@H]1CCC[C@@H]1O. The third-order valence-electron chi connectivity index (χ3n) is 2.14. The molecule has 1 fully saturated rings. The van der Waals surface area contributed by atoms with Crippen molar-refractivity contribution in [2.75, 3.05) is 6.54 Å². The molecule has 0 heterocycles. The number of hydrogen-bond donors (Lipinski definition) is 2. The molecule has 0 radical (unpaired) electrons. The minimum absolute atomic E-state index is 0.0773. The van der Waals surface area contributed by atoms with E-state index in [0.717, 1.165) is 25.8 Å². The quantitative estimate of drug-likeness (QED) is 0.615. The van der Waals surface area contributed by atoms with Gasteiger partial charge in [0.05, 0.1) is 6.10 Å². The average molecular weight is 143 g/mol. The second kappa shape index (κ2) is 3.94. The lowest BCUT2D eigenvalue weighted by Crippen LogP contribution is -2.35. The van der Waals surface area contributed by atoms with E-state index in [1.165, 1.54) is 6.42 Å². The first-order chi connectivity index (χ1) is 4.84. The van der Waals surface area contributed by atoms with E-state index < -0.39 is 0 Å². The van der Waals surface area contributed by atoms with Gasteiger partial charge in [-0.25, -0.2) is 0 Å². The summed E-state index contributed by atoms with van der Waals surface area (Å²) in [6.07, 6.45) is 4.40. The molecule has 60 valence electrons. The molecule has 0 aromatic heterocycles. The van der Waals surface area contributed by atoms with Gasteiger partial charge in [-0.2, -0.15) is 0 Å². The van der Waals surface area contributed by atoms with E-state index in [2.05, 4.69) is 12.2 Å². The van der Waals surface area contributed by atoms with E-state index in [9.17, 15) is 5.11 Å². The van der Waals surface area contributed by atoms with Crippen LogP contribution >= 0.6 is 0 Å². The highest BCUT2D eigenvalue weighted by Crippen LogP contribution is 2.18. The van der Waals surface area contributed by atoms with Crippen LogP contribution in [0.25, 0.3) is 0 Å². The number of aliphatic hydroxyl groups is 1. The second-order valence-corrected chi connectivity index (χ2v) is 3.06. The summed E-state index contributed by atoms with van der Waals surface area (Å²) >= 11 is 0. The Kier molecular flexibility index (Phi) is 3.16. The van der Waals surface area contributed by atoms with Crippen LogP contribution in [0.1, 0.15) is 32.6 Å². The largest absolute Gasteiger partial charge is 0.392 e. The van der Waals surface area contributed by atoms with Crippen molar-refractivity contribution in [1.29, 1.82) is 0 Å². The first-order valence-corrected chi connectivity index (χ1v) is 4.26. The van der Waals surface area contributed by atoms with Crippen LogP contribution in [0.5, 0.6) is 0 Å². The first-order valence-electron chi connectivity index (χ1n) is 4.26. The third-order valence-corrected chi connectivity index (χ3v) is 2.14. The lowest BCUT2D eigenvalue weighted by Gasteiger charge is -2.15. The van der Waals surface area contributed by atoms with Crippen molar-refractivity contribution in [3.8, 4) is 0 Å². The van der Waals surface area contributed by atoms with Gasteiger partial charge in [0.2, 0.25) is 0 Å². The van der Waals surface area contributed by atoms with E-state index in [1.807, 2.05) is 0 Å². The molecule has 2 atom stereocenters. The molecule has 0 aliphatic heterocycles. The Balaban J connectivity index is 2.14. The average Bonchev–Trinajstić information content (AvgIpc) is 2.31. The highest BCUT2D eigenvalue weighted by molar-refractivity contribution is 4.81. The van der Waals surface area contributed by atoms with Crippen molar-refractivity contribution in [3.05, 3.63) is 0 Å². The molecule has 2 heteroatoms. The fourth-order valence-electron chi connectivity index (χ4n) is 1.51. The molecule has 1 saturated carbocycles. The number of nitrogens with one attached hydrogen (secondary N) is 1. The Labute approximate surface area is 62.6 Å². The van der Waals surface area contributed by atoms with Gasteiger partial charge >= 0.3 is 0 Å². The topological polar surface area (TPSA) is 32.3 Å². The van der Waals surface area contributed by atoms with Crippen molar-refractivity contribution in [3.63, 3.8) is 0 Å². The van der Waals surface area contributed by atoms with Gasteiger partial charge < -0.3 is 10.4 Å². The molecule has 1 rings (SSSR count). The van der Waals surface area contributed by atoms with Crippen LogP contribution in [0.3, 0.4) is 0 Å². The van der Waals surface area contributed by atoms with Crippen LogP contribution in [-0.4, -0.2) is 23.8 Å². The zero-order valence-corrected chi connectivity index (χ0v) is 6.64. The standard InChI is InChI=1S/C8H17NO/c1-2-6-9-7-4-3-5-8(7)10/h7-10H,2-6H2,1H3/t7-,8+/m1/s1. The maximum atomic E-state index is 9.35. The maximum Gasteiger partial charge on any atom is 0.0693 e. The Morgan fingerprint density at radius 2 is 2.30 bits per heavy atom. The van der Waals surface area contributed by atoms with Crippen molar-refractivity contribution < 1.29 is 5.11 Å². The minimum atomic E-state index is -0.0773. The van der Waals surface area contributed by atoms with Crippen LogP contribution < -0.4 is 5.32 Å². The molecule has 0 aromatic carbocycles. The number of rotatable bonds is 3. The van der Waals surface area contributed by atoms with Gasteiger partial charge in [-0.3, -0.25) is 0 Å². The van der Waals surface area contributed by atoms with Crippen LogP contribution in [0.4, 0.5) is 0 Å². The molecule has 1 aliphatic carbocycles. The van der Waals surface area contributed by atoms with E-state index in [4.69, 9.17) is 0 Å². The Morgan fingerprint density at radius 3 is 2.80 bits per heavy atom. The summed E-state index contributed by atoms with van der Waals surface area (Å²) in [7, 11) is 0. The van der Waals surface area contributed by atoms with Crippen LogP contribution in [-0.2, 0) is 0 Å². The third kappa shape index (κ3) is 1.96. The minimum Gasteiger partial charge on any atom is -0.392 e. The fraction of sp³-hybridized carbons (Fsp3) is 1.00. The van der Waals surface area contributed by atoms with Crippen molar-refractivity contribution in [2.45, 2.75) is 44.8 Å². The summed E-state index contributed by atoms with van der Waals surface area (Å²) in [4.78, 5) is 0. The summed E-state index contributed by atoms with van der Waals surface area (Å²) < 4.78 is 0. The summed E-state index contributed by atoms with van der Waals surface area (Å²) in [5.41, 5.74) is 0. The van der Waals surface area contributed by atoms with E-state index in [-0.39, 0.29) is 6.10 Å². The van der Waals surface area contributed by atoms with Crippen molar-refractivity contribution in [2.24, 2.45) is 0 Å². The molecular formula is C8H17NO. The lowest BCUT2D eigenvalue weighted by atomic mass is 10.2. The van der Waals surface area contributed by atoms with E-state index in [0.29, 0.717) is 6.04 Å². The van der Waals surface area contributed by atoms with Crippen molar-refractivity contribution in [1.82, 2.24) is 5.32 Å². The second-order valence-electron chi connectivity index (χ2n) is 3.06. The maximum absolute atomic E-state index is 9.35. The number of hydrogen-bond acceptors (Lipinski definition) is 2. The van der Waals surface area contributed by atoms with Crippen LogP contribution in [0, 0.1) is 0 Å². The predicted octanol–water partition coefficient (Wildman–Crippen LogP) is 0.899. The first kappa shape index (κ1) is 8.02. The lowest BCUT2D eigenvalue weighted by molar-refractivity contribution is 0.149. The molecular weight excluding hydrogens is 126 g/mol. The van der Waals surface area contributed by atoms with Gasteiger partial charge in [0.1, 0.15) is 0 Å². The predicted molar refractivity (Wildman–Crippen MR) is 41.9 cm³/mol. The van der Waals surface area contributed by atoms with E-state index in [1.54, 1.807) is 0 Å². The molecule has 1 aliphatic rings. The molecule has 0 bridgehead atoms. The van der Waals surface area contributed by atoms with Crippen LogP contribution in [0.15, 0.2) is 0 Å². The van der Waals surface area contributed by atoms with Gasteiger partial charge in [0.25, 0.3) is 0 Å². The molecule has 0 amide bonds. The van der Waals surface area contributed by atoms with Gasteiger partial charge in [0, 0.05) is 6.04 Å². The Hall–Kier alpha value is -0.0800. The highest BCUT2D eigenvalue weighted by atomic mass is 16.3. The summed E-state index contributed by atoms with van der Waals surface area (Å²) in [5, 5.41) is 12.7. The molecule has 0 unspecified atom stereocenters. The summed E-state index contributed by atoms with van der Waals surface area (Å²) in [6, 6.07) is 0.389. The molecule has 10 heavy (non-hydrogen) atoms. The molecule has 0 aromatic rings. The Morgan fingerprint density at radius 1 is 1.50 bits per heavy atom. The molecule has 2 N–H and O–H groups in total. The number of aliphatic hydroxyl groups excluding tert-OH is 1. The normalized spacial score (nSPS) is 33.0. The van der Waals surface area contributed by atoms with Gasteiger partial charge in [0.15, 0.2) is 0 Å². The highest BCUT2D eigenvalue weighted by Gasteiger charge is 2.23. The summed E-state index contributed by atoms with van der Waals surface area (Å²) in [6.45, 7) is 3.19. The van der Waals surface area contributed by atoms with Gasteiger partial charge in [-0.1, -0.05) is 6.92 Å². The van der Waals surface area contributed by atoms with Gasteiger partial charge in [-0.05, 0) is 32.2 Å². The van der Waals surface area contributed by atoms with Crippen molar-refractivity contribution >= 4 is 0 Å². The molecule has 0 spiro atoms. The summed E-state index contributed by atoms with van der Waals surface area (Å²) in [5.74, 6) is 0. The monoisotopic (exact) mass is 143 g/mol. The van der Waals surface area contributed by atoms with E-state index >= 15 is 0 Å². The zero-order chi connectivity index (χ0) is 7.40.